The highest BCUT2D eigenvalue weighted by Crippen LogP contribution is 2.24. The Morgan fingerprint density at radius 1 is 1.29 bits per heavy atom. The Kier molecular flexibility index (Phi) is 7.71. The minimum absolute atomic E-state index is 0.0963. The van der Waals surface area contributed by atoms with E-state index in [1.807, 2.05) is 6.92 Å². The summed E-state index contributed by atoms with van der Waals surface area (Å²) < 4.78 is 5.80. The number of nitro groups is 1. The van der Waals surface area contributed by atoms with Crippen molar-refractivity contribution in [1.29, 1.82) is 0 Å². The molecule has 21 heavy (non-hydrogen) atoms. The molecule has 0 unspecified atom stereocenters. The first-order valence-electron chi connectivity index (χ1n) is 7.45. The van der Waals surface area contributed by atoms with Gasteiger partial charge in [-0.1, -0.05) is 20.8 Å². The number of rotatable bonds is 10. The van der Waals surface area contributed by atoms with Gasteiger partial charge in [0.05, 0.1) is 4.92 Å². The second-order valence-electron chi connectivity index (χ2n) is 4.70. The molecule has 0 saturated carbocycles. The summed E-state index contributed by atoms with van der Waals surface area (Å²) in [6.07, 6.45) is 0. The fraction of sp³-hybridized carbons (Fsp3) is 0.600. The molecule has 0 aromatic heterocycles. The van der Waals surface area contributed by atoms with Crippen molar-refractivity contribution in [1.82, 2.24) is 10.2 Å². The molecule has 118 valence electrons. The van der Waals surface area contributed by atoms with Crippen LogP contribution in [0.2, 0.25) is 0 Å². The molecule has 0 aliphatic heterocycles. The van der Waals surface area contributed by atoms with Crippen LogP contribution in [0.25, 0.3) is 0 Å². The minimum atomic E-state index is -0.380. The molecule has 0 radical (unpaired) electrons. The van der Waals surface area contributed by atoms with Crippen LogP contribution in [0, 0.1) is 10.1 Å². The predicted molar refractivity (Wildman–Crippen MR) is 83.8 cm³/mol. The number of hydrogen-bond acceptors (Lipinski definition) is 5. The van der Waals surface area contributed by atoms with Crippen LogP contribution in [0.1, 0.15) is 26.3 Å². The van der Waals surface area contributed by atoms with Crippen LogP contribution in [-0.4, -0.2) is 42.6 Å². The van der Waals surface area contributed by atoms with Gasteiger partial charge in [-0.2, -0.15) is 0 Å². The van der Waals surface area contributed by atoms with Crippen molar-refractivity contribution < 1.29 is 9.66 Å². The Balaban J connectivity index is 2.72. The Bertz CT molecular complexity index is 448. The number of nitrogens with one attached hydrogen (secondary N) is 1. The van der Waals surface area contributed by atoms with Gasteiger partial charge < -0.3 is 15.0 Å². The first kappa shape index (κ1) is 17.4. The van der Waals surface area contributed by atoms with E-state index in [2.05, 4.69) is 24.1 Å². The highest BCUT2D eigenvalue weighted by atomic mass is 16.6. The molecule has 1 aromatic rings. The van der Waals surface area contributed by atoms with Crippen molar-refractivity contribution in [2.24, 2.45) is 0 Å². The van der Waals surface area contributed by atoms with E-state index >= 15 is 0 Å². The maximum absolute atomic E-state index is 10.9. The molecule has 0 atom stereocenters. The summed E-state index contributed by atoms with van der Waals surface area (Å²) in [6.45, 7) is 11.0. The molecule has 0 heterocycles. The van der Waals surface area contributed by atoms with E-state index in [1.165, 1.54) is 6.07 Å². The van der Waals surface area contributed by atoms with E-state index < -0.39 is 0 Å². The molecule has 1 N–H and O–H groups in total. The van der Waals surface area contributed by atoms with Gasteiger partial charge in [-0.3, -0.25) is 10.1 Å². The van der Waals surface area contributed by atoms with Crippen molar-refractivity contribution >= 4 is 5.69 Å². The molecular weight excluding hydrogens is 270 g/mol. The zero-order valence-electron chi connectivity index (χ0n) is 13.1. The second kappa shape index (κ2) is 9.31. The van der Waals surface area contributed by atoms with Crippen molar-refractivity contribution in [3.63, 3.8) is 0 Å². The van der Waals surface area contributed by atoms with Gasteiger partial charge >= 0.3 is 0 Å². The first-order valence-corrected chi connectivity index (χ1v) is 7.45. The normalized spacial score (nSPS) is 10.9. The SMILES string of the molecule is CCNCc1cc([N+](=O)[O-])ccc1OCCN(CC)CC. The molecule has 0 spiro atoms. The van der Waals surface area contributed by atoms with E-state index in [1.54, 1.807) is 12.1 Å². The summed E-state index contributed by atoms with van der Waals surface area (Å²) >= 11 is 0. The highest BCUT2D eigenvalue weighted by molar-refractivity contribution is 5.43. The summed E-state index contributed by atoms with van der Waals surface area (Å²) in [4.78, 5) is 12.8. The Morgan fingerprint density at radius 3 is 2.57 bits per heavy atom. The zero-order valence-corrected chi connectivity index (χ0v) is 13.1. The van der Waals surface area contributed by atoms with Crippen molar-refractivity contribution in [2.75, 3.05) is 32.8 Å². The molecule has 6 heteroatoms. The van der Waals surface area contributed by atoms with E-state index in [0.717, 1.165) is 31.7 Å². The summed E-state index contributed by atoms with van der Waals surface area (Å²) in [6, 6.07) is 4.75. The van der Waals surface area contributed by atoms with Crippen molar-refractivity contribution in [3.8, 4) is 5.75 Å². The molecule has 0 saturated heterocycles. The Morgan fingerprint density at radius 2 is 2.00 bits per heavy atom. The van der Waals surface area contributed by atoms with Crippen molar-refractivity contribution in [3.05, 3.63) is 33.9 Å². The van der Waals surface area contributed by atoms with E-state index in [9.17, 15) is 10.1 Å². The molecule has 1 aromatic carbocycles. The third-order valence-electron chi connectivity index (χ3n) is 3.38. The van der Waals surface area contributed by atoms with Crippen molar-refractivity contribution in [2.45, 2.75) is 27.3 Å². The number of nitro benzene ring substituents is 1. The standard InChI is InChI=1S/C15H25N3O3/c1-4-16-12-13-11-14(18(19)20)7-8-15(13)21-10-9-17(5-2)6-3/h7-8,11,16H,4-6,9-10,12H2,1-3H3. The molecule has 1 rings (SSSR count). The van der Waals surface area contributed by atoms with E-state index in [4.69, 9.17) is 4.74 Å². The van der Waals surface area contributed by atoms with Gasteiger partial charge in [-0.15, -0.1) is 0 Å². The minimum Gasteiger partial charge on any atom is -0.492 e. The monoisotopic (exact) mass is 295 g/mol. The number of benzene rings is 1. The lowest BCUT2D eigenvalue weighted by molar-refractivity contribution is -0.384. The van der Waals surface area contributed by atoms with Crippen LogP contribution < -0.4 is 10.1 Å². The summed E-state index contributed by atoms with van der Waals surface area (Å²) in [5.41, 5.74) is 0.921. The molecule has 0 fully saturated rings. The van der Waals surface area contributed by atoms with Crippen LogP contribution in [0.15, 0.2) is 18.2 Å². The third kappa shape index (κ3) is 5.69. The average molecular weight is 295 g/mol. The third-order valence-corrected chi connectivity index (χ3v) is 3.38. The maximum atomic E-state index is 10.9. The highest BCUT2D eigenvalue weighted by Gasteiger charge is 2.11. The van der Waals surface area contributed by atoms with Gasteiger partial charge in [0, 0.05) is 30.8 Å². The van der Waals surface area contributed by atoms with Crippen LogP contribution in [0.4, 0.5) is 5.69 Å². The molecule has 0 bridgehead atoms. The zero-order chi connectivity index (χ0) is 15.7. The molecular formula is C15H25N3O3. The second-order valence-corrected chi connectivity index (χ2v) is 4.70. The summed E-state index contributed by atoms with van der Waals surface area (Å²) in [5.74, 6) is 0.716. The van der Waals surface area contributed by atoms with Gasteiger partial charge in [0.2, 0.25) is 0 Å². The number of non-ortho nitro benzene ring substituents is 1. The maximum Gasteiger partial charge on any atom is 0.270 e. The topological polar surface area (TPSA) is 67.6 Å². The lowest BCUT2D eigenvalue weighted by atomic mass is 10.1. The quantitative estimate of drug-likeness (QED) is 0.530. The summed E-state index contributed by atoms with van der Waals surface area (Å²) in [5, 5.41) is 14.0. The first-order chi connectivity index (χ1) is 10.1. The molecule has 0 aliphatic rings. The molecule has 6 nitrogen and oxygen atoms in total. The fourth-order valence-electron chi connectivity index (χ4n) is 2.04. The molecule has 0 amide bonds. The van der Waals surface area contributed by atoms with Gasteiger partial charge in [-0.25, -0.2) is 0 Å². The predicted octanol–water partition coefficient (Wildman–Crippen LogP) is 2.42. The van der Waals surface area contributed by atoms with Crippen LogP contribution in [0.3, 0.4) is 0 Å². The van der Waals surface area contributed by atoms with Crippen LogP contribution >= 0.6 is 0 Å². The Labute approximate surface area is 126 Å². The van der Waals surface area contributed by atoms with Gasteiger partial charge in [-0.05, 0) is 25.7 Å². The van der Waals surface area contributed by atoms with Gasteiger partial charge in [0.25, 0.3) is 5.69 Å². The lowest BCUT2D eigenvalue weighted by Crippen LogP contribution is -2.28. The number of likely N-dealkylation sites (N-methyl/N-ethyl adjacent to an activating group) is 1. The smallest absolute Gasteiger partial charge is 0.270 e. The largest absolute Gasteiger partial charge is 0.492 e. The average Bonchev–Trinajstić information content (AvgIpc) is 2.50. The summed E-state index contributed by atoms with van der Waals surface area (Å²) in [7, 11) is 0. The Hall–Kier alpha value is -1.66. The fourth-order valence-corrected chi connectivity index (χ4v) is 2.04. The van der Waals surface area contributed by atoms with Crippen LogP contribution in [0.5, 0.6) is 5.75 Å². The van der Waals surface area contributed by atoms with Gasteiger partial charge in [0.1, 0.15) is 12.4 Å². The van der Waals surface area contributed by atoms with E-state index in [0.29, 0.717) is 18.9 Å². The lowest BCUT2D eigenvalue weighted by Gasteiger charge is -2.19. The number of nitrogens with zero attached hydrogens (tertiary/aromatic N) is 2. The number of ether oxygens (including phenoxy) is 1. The van der Waals surface area contributed by atoms with Gasteiger partial charge in [0.15, 0.2) is 0 Å². The molecule has 0 aliphatic carbocycles. The van der Waals surface area contributed by atoms with Crippen LogP contribution in [-0.2, 0) is 6.54 Å². The van der Waals surface area contributed by atoms with E-state index in [-0.39, 0.29) is 10.6 Å². The number of hydrogen-bond donors (Lipinski definition) is 1.